The van der Waals surface area contributed by atoms with Crippen LogP contribution in [-0.4, -0.2) is 6.61 Å². The first-order valence-corrected chi connectivity index (χ1v) is 2.20. The van der Waals surface area contributed by atoms with Gasteiger partial charge in [-0.3, -0.25) is 4.52 Å². The predicted molar refractivity (Wildman–Crippen MR) is 23.8 cm³/mol. The van der Waals surface area contributed by atoms with Crippen LogP contribution >= 0.6 is 8.69 Å². The summed E-state index contributed by atoms with van der Waals surface area (Å²) in [6, 6.07) is 0. The van der Waals surface area contributed by atoms with Crippen molar-refractivity contribution < 1.29 is 36.4 Å². The van der Waals surface area contributed by atoms with E-state index in [-0.39, 0.29) is 36.0 Å². The second-order valence-corrected chi connectivity index (χ2v) is 1.07. The summed E-state index contributed by atoms with van der Waals surface area (Å²) in [7, 11) is -0.276. The molecule has 0 aliphatic rings. The van der Waals surface area contributed by atoms with Crippen LogP contribution in [0.25, 0.3) is 0 Å². The summed E-state index contributed by atoms with van der Waals surface area (Å²) in [5.41, 5.74) is 0. The molecule has 0 atom stereocenters. The summed E-state index contributed by atoms with van der Waals surface area (Å²) in [6.07, 6.45) is 1.53. The van der Waals surface area contributed by atoms with Gasteiger partial charge in [0.05, 0.1) is 6.61 Å². The summed E-state index contributed by atoms with van der Waals surface area (Å²) < 4.78 is 13.7. The van der Waals surface area contributed by atoms with Crippen LogP contribution in [0.5, 0.6) is 0 Å². The van der Waals surface area contributed by atoms with Gasteiger partial charge in [-0.15, -0.1) is 6.58 Å². The first-order valence-electron chi connectivity index (χ1n) is 1.47. The van der Waals surface area contributed by atoms with Crippen LogP contribution < -0.4 is 0 Å². The van der Waals surface area contributed by atoms with Crippen LogP contribution in [0, 0.1) is 0 Å². The largest absolute Gasteiger partial charge is 0.327 e. The molecular weight excluding hydrogens is 211 g/mol. The van der Waals surface area contributed by atoms with Gasteiger partial charge in [0.1, 0.15) is 0 Å². The van der Waals surface area contributed by atoms with Crippen molar-refractivity contribution in [3.05, 3.63) is 12.7 Å². The van der Waals surface area contributed by atoms with Gasteiger partial charge in [0.2, 0.25) is 0 Å². The van der Waals surface area contributed by atoms with E-state index in [4.69, 9.17) is 0 Å². The molecule has 0 saturated heterocycles. The van der Waals surface area contributed by atoms with Crippen LogP contribution in [0.15, 0.2) is 12.7 Å². The zero-order chi connectivity index (χ0) is 4.83. The number of rotatable bonds is 3. The van der Waals surface area contributed by atoms with E-state index < -0.39 is 0 Å². The van der Waals surface area contributed by atoms with Crippen molar-refractivity contribution in [2.45, 2.75) is 0 Å². The number of hydrogen-bond acceptors (Lipinski definition) is 2. The Labute approximate surface area is 64.4 Å². The molecule has 0 aromatic heterocycles. The molecule has 0 aliphatic carbocycles. The van der Waals surface area contributed by atoms with Crippen molar-refractivity contribution in [3.8, 4) is 0 Å². The zero-order valence-electron chi connectivity index (χ0n) is 3.96. The van der Waals surface area contributed by atoms with Gasteiger partial charge in [0.25, 0.3) is 0 Å². The normalized spacial score (nSPS) is 7.43. The standard InChI is InChI=1S/C3H5O2P.Cd/c1-2-3-5-6-4;/h2H,1,3H2;. The van der Waals surface area contributed by atoms with E-state index in [0.717, 1.165) is 0 Å². The first-order chi connectivity index (χ1) is 2.91. The molecule has 0 spiro atoms. The minimum atomic E-state index is -0.276. The SMILES string of the molecule is C=CCOP=O.[Cd]. The molecule has 0 radical (unpaired) electrons. The first kappa shape index (κ1) is 10.7. The summed E-state index contributed by atoms with van der Waals surface area (Å²) >= 11 is 0. The third-order valence-electron chi connectivity index (χ3n) is 0.245. The summed E-state index contributed by atoms with van der Waals surface area (Å²) in [4.78, 5) is 0. The Kier molecular flexibility index (Phi) is 15.0. The Morgan fingerprint density at radius 2 is 2.43 bits per heavy atom. The minimum absolute atomic E-state index is 0. The van der Waals surface area contributed by atoms with E-state index in [2.05, 4.69) is 11.1 Å². The fourth-order valence-corrected chi connectivity index (χ4v) is 0.249. The fourth-order valence-electron chi connectivity index (χ4n) is 0.0831. The van der Waals surface area contributed by atoms with Crippen molar-refractivity contribution in [3.63, 3.8) is 0 Å². The summed E-state index contributed by atoms with van der Waals surface area (Å²) in [6.45, 7) is 3.68. The molecule has 0 aromatic carbocycles. The Morgan fingerprint density at radius 3 is 2.57 bits per heavy atom. The zero-order valence-corrected chi connectivity index (χ0v) is 8.89. The average Bonchev–Trinajstić information content (AvgIpc) is 1.61. The molecule has 0 heterocycles. The van der Waals surface area contributed by atoms with E-state index in [9.17, 15) is 4.57 Å². The minimum Gasteiger partial charge on any atom is -0.290 e. The Hall–Kier alpha value is 0.722. The van der Waals surface area contributed by atoms with Crippen LogP contribution in [0.2, 0.25) is 0 Å². The molecule has 0 N–H and O–H groups in total. The van der Waals surface area contributed by atoms with Gasteiger partial charge < -0.3 is 0 Å². The van der Waals surface area contributed by atoms with E-state index in [0.29, 0.717) is 6.61 Å². The van der Waals surface area contributed by atoms with Crippen molar-refractivity contribution in [1.82, 2.24) is 0 Å². The Bertz CT molecular complexity index is 48.9. The molecule has 0 fully saturated rings. The third-order valence-corrected chi connectivity index (χ3v) is 0.500. The molecule has 0 rings (SSSR count). The Morgan fingerprint density at radius 1 is 1.86 bits per heavy atom. The van der Waals surface area contributed by atoms with E-state index in [1.165, 1.54) is 6.08 Å². The molecule has 4 heteroatoms. The summed E-state index contributed by atoms with van der Waals surface area (Å²) in [5, 5.41) is 0. The van der Waals surface area contributed by atoms with Gasteiger partial charge in [0, 0.05) is 27.3 Å². The topological polar surface area (TPSA) is 26.3 Å². The van der Waals surface area contributed by atoms with Crippen molar-refractivity contribution in [2.24, 2.45) is 0 Å². The van der Waals surface area contributed by atoms with Crippen molar-refractivity contribution in [1.29, 1.82) is 0 Å². The molecule has 0 unspecified atom stereocenters. The Balaban J connectivity index is 0. The molecule has 0 saturated carbocycles. The van der Waals surface area contributed by atoms with E-state index in [1.807, 2.05) is 0 Å². The maximum atomic E-state index is 9.39. The number of hydrogen-bond donors (Lipinski definition) is 0. The van der Waals surface area contributed by atoms with Crippen LogP contribution in [-0.2, 0) is 36.4 Å². The fraction of sp³-hybridized carbons (Fsp3) is 0.333. The molecule has 2 nitrogen and oxygen atoms in total. The van der Waals surface area contributed by atoms with Gasteiger partial charge in [0.15, 0.2) is 0 Å². The van der Waals surface area contributed by atoms with Crippen molar-refractivity contribution >= 4 is 8.69 Å². The van der Waals surface area contributed by atoms with E-state index >= 15 is 0 Å². The monoisotopic (exact) mass is 218 g/mol. The molecule has 0 aromatic rings. The second kappa shape index (κ2) is 9.87. The predicted octanol–water partition coefficient (Wildman–Crippen LogP) is 1.39. The van der Waals surface area contributed by atoms with Gasteiger partial charge in [-0.25, -0.2) is 4.57 Å². The maximum absolute atomic E-state index is 9.39. The molecule has 0 amide bonds. The second-order valence-electron chi connectivity index (χ2n) is 0.659. The van der Waals surface area contributed by atoms with Crippen LogP contribution in [0.3, 0.4) is 0 Å². The van der Waals surface area contributed by atoms with E-state index in [1.54, 1.807) is 0 Å². The van der Waals surface area contributed by atoms with Crippen LogP contribution in [0.4, 0.5) is 0 Å². The molecule has 0 aliphatic heterocycles. The summed E-state index contributed by atoms with van der Waals surface area (Å²) in [5.74, 6) is 0. The van der Waals surface area contributed by atoms with Gasteiger partial charge in [-0.2, -0.15) is 0 Å². The maximum Gasteiger partial charge on any atom is 0.327 e. The average molecular weight is 216 g/mol. The molecular formula is C3H5CdO2P. The molecule has 0 bridgehead atoms. The molecule has 7 heavy (non-hydrogen) atoms. The quantitative estimate of drug-likeness (QED) is 0.308. The van der Waals surface area contributed by atoms with Gasteiger partial charge >= 0.3 is 8.69 Å². The van der Waals surface area contributed by atoms with Crippen molar-refractivity contribution in [2.75, 3.05) is 6.61 Å². The van der Waals surface area contributed by atoms with Gasteiger partial charge in [-0.1, -0.05) is 6.08 Å². The third kappa shape index (κ3) is 10.8. The molecule has 36 valence electrons. The van der Waals surface area contributed by atoms with Crippen LogP contribution in [0.1, 0.15) is 0 Å². The van der Waals surface area contributed by atoms with Gasteiger partial charge in [-0.05, 0) is 0 Å². The smallest absolute Gasteiger partial charge is 0.290 e.